The van der Waals surface area contributed by atoms with Crippen LogP contribution >= 0.6 is 11.3 Å². The summed E-state index contributed by atoms with van der Waals surface area (Å²) in [6, 6.07) is 15.5. The van der Waals surface area contributed by atoms with E-state index in [1.54, 1.807) is 29.2 Å². The lowest BCUT2D eigenvalue weighted by Gasteiger charge is -2.22. The lowest BCUT2D eigenvalue weighted by Crippen LogP contribution is -2.31. The van der Waals surface area contributed by atoms with Gasteiger partial charge >= 0.3 is 0 Å². The van der Waals surface area contributed by atoms with Gasteiger partial charge in [-0.25, -0.2) is 9.37 Å². The third-order valence-corrected chi connectivity index (χ3v) is 5.51. The van der Waals surface area contributed by atoms with Gasteiger partial charge in [-0.3, -0.25) is 4.79 Å². The molecule has 0 aliphatic heterocycles. The van der Waals surface area contributed by atoms with E-state index in [4.69, 9.17) is 5.26 Å². The Labute approximate surface area is 167 Å². The van der Waals surface area contributed by atoms with Crippen LogP contribution in [0, 0.1) is 24.1 Å². The van der Waals surface area contributed by atoms with Crippen LogP contribution in [0.3, 0.4) is 0 Å². The lowest BCUT2D eigenvalue weighted by molar-refractivity contribution is 0.0747. The Hall–Kier alpha value is -3.04. The number of thiazole rings is 1. The number of amides is 1. The van der Waals surface area contributed by atoms with Crippen molar-refractivity contribution >= 4 is 17.2 Å². The standard InChI is InChI=1S/C22H20FN3OS/c1-3-12-26(14-17-6-4-16(13-24)5-7-17)22(27)20-15(2)25-21(28-20)18-8-10-19(23)11-9-18/h4-11H,3,12,14H2,1-2H3. The number of carbonyl (C=O) groups excluding carboxylic acids is 1. The monoisotopic (exact) mass is 393 g/mol. The molecule has 0 atom stereocenters. The van der Waals surface area contributed by atoms with Crippen LogP contribution in [0.1, 0.15) is 39.8 Å². The quantitative estimate of drug-likeness (QED) is 0.580. The second-order valence-corrected chi connectivity index (χ2v) is 7.47. The summed E-state index contributed by atoms with van der Waals surface area (Å²) in [4.78, 5) is 20.1. The van der Waals surface area contributed by atoms with E-state index in [1.807, 2.05) is 26.0 Å². The minimum Gasteiger partial charge on any atom is -0.334 e. The molecule has 0 aliphatic carbocycles. The molecule has 3 aromatic rings. The summed E-state index contributed by atoms with van der Waals surface area (Å²) in [7, 11) is 0. The number of carbonyl (C=O) groups is 1. The van der Waals surface area contributed by atoms with Gasteiger partial charge in [0.05, 0.1) is 17.3 Å². The van der Waals surface area contributed by atoms with Gasteiger partial charge in [-0.05, 0) is 55.3 Å². The van der Waals surface area contributed by atoms with Crippen molar-refractivity contribution in [2.45, 2.75) is 26.8 Å². The van der Waals surface area contributed by atoms with Crippen molar-refractivity contribution in [2.75, 3.05) is 6.54 Å². The predicted molar refractivity (Wildman–Crippen MR) is 108 cm³/mol. The first kappa shape index (κ1) is 19.7. The number of aromatic nitrogens is 1. The zero-order valence-electron chi connectivity index (χ0n) is 15.8. The maximum Gasteiger partial charge on any atom is 0.266 e. The molecule has 0 radical (unpaired) electrons. The smallest absolute Gasteiger partial charge is 0.266 e. The number of aryl methyl sites for hydroxylation is 1. The Morgan fingerprint density at radius 3 is 2.46 bits per heavy atom. The second-order valence-electron chi connectivity index (χ2n) is 6.48. The molecule has 28 heavy (non-hydrogen) atoms. The van der Waals surface area contributed by atoms with E-state index < -0.39 is 0 Å². The van der Waals surface area contributed by atoms with E-state index >= 15 is 0 Å². The van der Waals surface area contributed by atoms with Gasteiger partial charge < -0.3 is 4.90 Å². The van der Waals surface area contributed by atoms with Crippen LogP contribution in [0.2, 0.25) is 0 Å². The number of nitriles is 1. The molecule has 6 heteroatoms. The zero-order chi connectivity index (χ0) is 20.1. The minimum absolute atomic E-state index is 0.0606. The Bertz CT molecular complexity index is 1000. The molecule has 0 bridgehead atoms. The highest BCUT2D eigenvalue weighted by Gasteiger charge is 2.22. The van der Waals surface area contributed by atoms with Crippen molar-refractivity contribution < 1.29 is 9.18 Å². The fourth-order valence-corrected chi connectivity index (χ4v) is 3.92. The molecule has 1 amide bonds. The highest BCUT2D eigenvalue weighted by Crippen LogP contribution is 2.29. The highest BCUT2D eigenvalue weighted by atomic mass is 32.1. The molecule has 2 aromatic carbocycles. The molecular weight excluding hydrogens is 373 g/mol. The van der Waals surface area contributed by atoms with Gasteiger partial charge in [-0.2, -0.15) is 5.26 Å². The summed E-state index contributed by atoms with van der Waals surface area (Å²) in [5.74, 6) is -0.362. The predicted octanol–water partition coefficient (Wildman–Crippen LogP) is 5.18. The summed E-state index contributed by atoms with van der Waals surface area (Å²) in [6.45, 7) is 4.95. The molecule has 0 unspecified atom stereocenters. The van der Waals surface area contributed by atoms with Gasteiger partial charge in [0, 0.05) is 18.7 Å². The topological polar surface area (TPSA) is 57.0 Å². The normalized spacial score (nSPS) is 10.5. The maximum atomic E-state index is 13.2. The average molecular weight is 393 g/mol. The van der Waals surface area contributed by atoms with E-state index in [2.05, 4.69) is 11.1 Å². The van der Waals surface area contributed by atoms with E-state index in [0.29, 0.717) is 34.2 Å². The Kier molecular flexibility index (Phi) is 6.17. The van der Waals surface area contributed by atoms with Crippen molar-refractivity contribution in [3.8, 4) is 16.6 Å². The number of hydrogen-bond acceptors (Lipinski definition) is 4. The summed E-state index contributed by atoms with van der Waals surface area (Å²) in [5, 5.41) is 9.64. The molecule has 0 saturated carbocycles. The largest absolute Gasteiger partial charge is 0.334 e. The summed E-state index contributed by atoms with van der Waals surface area (Å²) >= 11 is 1.33. The number of nitrogens with zero attached hydrogens (tertiary/aromatic N) is 3. The van der Waals surface area contributed by atoms with Crippen LogP contribution in [0.5, 0.6) is 0 Å². The van der Waals surface area contributed by atoms with Crippen molar-refractivity contribution in [1.82, 2.24) is 9.88 Å². The van der Waals surface area contributed by atoms with Crippen LogP contribution in [0.25, 0.3) is 10.6 Å². The first-order valence-electron chi connectivity index (χ1n) is 9.03. The van der Waals surface area contributed by atoms with Crippen LogP contribution in [-0.2, 0) is 6.54 Å². The summed E-state index contributed by atoms with van der Waals surface area (Å²) in [6.07, 6.45) is 0.838. The highest BCUT2D eigenvalue weighted by molar-refractivity contribution is 7.17. The van der Waals surface area contributed by atoms with E-state index in [-0.39, 0.29) is 11.7 Å². The van der Waals surface area contributed by atoms with Gasteiger partial charge in [0.1, 0.15) is 15.7 Å². The van der Waals surface area contributed by atoms with E-state index in [1.165, 1.54) is 23.5 Å². The second kappa shape index (κ2) is 8.77. The molecule has 0 spiro atoms. The number of benzene rings is 2. The average Bonchev–Trinajstić information content (AvgIpc) is 3.10. The van der Waals surface area contributed by atoms with Crippen LogP contribution in [-0.4, -0.2) is 22.3 Å². The minimum atomic E-state index is -0.301. The van der Waals surface area contributed by atoms with Crippen molar-refractivity contribution in [2.24, 2.45) is 0 Å². The molecule has 0 fully saturated rings. The van der Waals surface area contributed by atoms with Gasteiger partial charge in [-0.15, -0.1) is 11.3 Å². The zero-order valence-corrected chi connectivity index (χ0v) is 16.6. The van der Waals surface area contributed by atoms with Crippen LogP contribution in [0.15, 0.2) is 48.5 Å². The molecule has 0 aliphatic rings. The fraction of sp³-hybridized carbons (Fsp3) is 0.227. The van der Waals surface area contributed by atoms with Crippen molar-refractivity contribution in [3.05, 3.63) is 76.0 Å². The third-order valence-electron chi connectivity index (χ3n) is 4.32. The first-order chi connectivity index (χ1) is 13.5. The lowest BCUT2D eigenvalue weighted by atomic mass is 10.1. The molecule has 3 rings (SSSR count). The van der Waals surface area contributed by atoms with Crippen molar-refractivity contribution in [3.63, 3.8) is 0 Å². The van der Waals surface area contributed by atoms with Gasteiger partial charge in [0.25, 0.3) is 5.91 Å². The Morgan fingerprint density at radius 1 is 1.18 bits per heavy atom. The van der Waals surface area contributed by atoms with Gasteiger partial charge in [0.2, 0.25) is 0 Å². The molecule has 0 N–H and O–H groups in total. The number of hydrogen-bond donors (Lipinski definition) is 0. The van der Waals surface area contributed by atoms with Gasteiger partial charge in [0.15, 0.2) is 0 Å². The molecule has 1 heterocycles. The van der Waals surface area contributed by atoms with Gasteiger partial charge in [-0.1, -0.05) is 19.1 Å². The molecule has 1 aromatic heterocycles. The SMILES string of the molecule is CCCN(Cc1ccc(C#N)cc1)C(=O)c1sc(-c2ccc(F)cc2)nc1C. The molecule has 142 valence electrons. The van der Waals surface area contributed by atoms with Crippen LogP contribution in [0.4, 0.5) is 4.39 Å². The molecular formula is C22H20FN3OS. The summed E-state index contributed by atoms with van der Waals surface area (Å²) < 4.78 is 13.2. The molecule has 4 nitrogen and oxygen atoms in total. The summed E-state index contributed by atoms with van der Waals surface area (Å²) in [5.41, 5.74) is 3.04. The first-order valence-corrected chi connectivity index (χ1v) is 9.85. The van der Waals surface area contributed by atoms with E-state index in [0.717, 1.165) is 17.5 Å². The molecule has 0 saturated heterocycles. The number of rotatable bonds is 6. The fourth-order valence-electron chi connectivity index (χ4n) is 2.88. The number of halogens is 1. The van der Waals surface area contributed by atoms with Crippen molar-refractivity contribution in [1.29, 1.82) is 5.26 Å². The maximum absolute atomic E-state index is 13.2. The van der Waals surface area contributed by atoms with E-state index in [9.17, 15) is 9.18 Å². The Balaban J connectivity index is 1.84. The van der Waals surface area contributed by atoms with Crippen LogP contribution < -0.4 is 0 Å². The Morgan fingerprint density at radius 2 is 1.86 bits per heavy atom. The third kappa shape index (κ3) is 4.44.